The van der Waals surface area contributed by atoms with E-state index < -0.39 is 0 Å². The lowest BCUT2D eigenvalue weighted by molar-refractivity contribution is -0.127. The molecule has 0 saturated carbocycles. The van der Waals surface area contributed by atoms with E-state index in [1.807, 2.05) is 39.9 Å². The number of rotatable bonds is 6. The molecular formula is C17H20BrN3O2. The zero-order valence-electron chi connectivity index (χ0n) is 12.9. The van der Waals surface area contributed by atoms with Crippen LogP contribution in [-0.4, -0.2) is 40.9 Å². The van der Waals surface area contributed by atoms with E-state index in [2.05, 4.69) is 21.2 Å². The van der Waals surface area contributed by atoms with Gasteiger partial charge >= 0.3 is 0 Å². The van der Waals surface area contributed by atoms with E-state index >= 15 is 0 Å². The fraction of sp³-hybridized carbons (Fsp3) is 0.412. The Morgan fingerprint density at radius 3 is 2.96 bits per heavy atom. The van der Waals surface area contributed by atoms with Crippen molar-refractivity contribution in [3.63, 3.8) is 0 Å². The molecule has 1 fully saturated rings. The number of hydrogen-bond donors (Lipinski definition) is 1. The van der Waals surface area contributed by atoms with Crippen molar-refractivity contribution in [3.8, 4) is 0 Å². The summed E-state index contributed by atoms with van der Waals surface area (Å²) in [7, 11) is 0. The highest BCUT2D eigenvalue weighted by Crippen LogP contribution is 2.20. The molecule has 1 aromatic carbocycles. The van der Waals surface area contributed by atoms with Gasteiger partial charge < -0.3 is 14.8 Å². The second kappa shape index (κ2) is 7.17. The molecule has 3 rings (SSSR count). The molecule has 1 saturated heterocycles. The fourth-order valence-corrected chi connectivity index (χ4v) is 3.29. The van der Waals surface area contributed by atoms with Gasteiger partial charge in [-0.15, -0.1) is 0 Å². The minimum atomic E-state index is -0.00442. The first-order chi connectivity index (χ1) is 11.1. The molecule has 0 radical (unpaired) electrons. The van der Waals surface area contributed by atoms with E-state index in [0.717, 1.165) is 41.3 Å². The molecule has 6 heteroatoms. The van der Waals surface area contributed by atoms with Crippen molar-refractivity contribution < 1.29 is 9.59 Å². The van der Waals surface area contributed by atoms with Gasteiger partial charge in [0.1, 0.15) is 6.54 Å². The van der Waals surface area contributed by atoms with Crippen molar-refractivity contribution in [3.05, 3.63) is 34.9 Å². The number of aromatic nitrogens is 1. The maximum Gasteiger partial charge on any atom is 0.239 e. The molecule has 0 aliphatic carbocycles. The summed E-state index contributed by atoms with van der Waals surface area (Å²) in [4.78, 5) is 25.5. The van der Waals surface area contributed by atoms with Gasteiger partial charge in [0.2, 0.25) is 11.8 Å². The van der Waals surface area contributed by atoms with E-state index in [1.54, 1.807) is 0 Å². The first kappa shape index (κ1) is 16.1. The van der Waals surface area contributed by atoms with Gasteiger partial charge in [-0.05, 0) is 36.4 Å². The molecule has 122 valence electrons. The summed E-state index contributed by atoms with van der Waals surface area (Å²) in [5, 5.41) is 4.05. The van der Waals surface area contributed by atoms with E-state index in [0.29, 0.717) is 19.5 Å². The van der Waals surface area contributed by atoms with Crippen LogP contribution in [0.1, 0.15) is 19.3 Å². The van der Waals surface area contributed by atoms with Gasteiger partial charge in [-0.1, -0.05) is 22.0 Å². The number of likely N-dealkylation sites (tertiary alicyclic amines) is 1. The van der Waals surface area contributed by atoms with E-state index in [9.17, 15) is 9.59 Å². The van der Waals surface area contributed by atoms with E-state index in [-0.39, 0.29) is 11.8 Å². The Hall–Kier alpha value is -1.82. The average molecular weight is 378 g/mol. The fourth-order valence-electron chi connectivity index (χ4n) is 2.94. The predicted octanol–water partition coefficient (Wildman–Crippen LogP) is 2.53. The van der Waals surface area contributed by atoms with Gasteiger partial charge in [-0.2, -0.15) is 0 Å². The lowest BCUT2D eigenvalue weighted by Gasteiger charge is -2.15. The summed E-state index contributed by atoms with van der Waals surface area (Å²) in [6.07, 6.45) is 4.36. The number of hydrogen-bond acceptors (Lipinski definition) is 2. The molecule has 5 nitrogen and oxygen atoms in total. The second-order valence-electron chi connectivity index (χ2n) is 5.83. The Morgan fingerprint density at radius 2 is 2.17 bits per heavy atom. The van der Waals surface area contributed by atoms with Crippen molar-refractivity contribution in [2.45, 2.75) is 25.8 Å². The molecule has 2 aromatic rings. The SMILES string of the molecule is O=C(Cn1ccc2ccc(Br)cc21)NCCCN1CCCC1=O. The lowest BCUT2D eigenvalue weighted by atomic mass is 10.2. The molecule has 1 aliphatic heterocycles. The summed E-state index contributed by atoms with van der Waals surface area (Å²) < 4.78 is 2.94. The monoisotopic (exact) mass is 377 g/mol. The molecule has 1 aliphatic rings. The topological polar surface area (TPSA) is 54.3 Å². The maximum atomic E-state index is 12.1. The Morgan fingerprint density at radius 1 is 1.30 bits per heavy atom. The molecular weight excluding hydrogens is 358 g/mol. The van der Waals surface area contributed by atoms with Crippen LogP contribution in [0.4, 0.5) is 0 Å². The maximum absolute atomic E-state index is 12.1. The molecule has 23 heavy (non-hydrogen) atoms. The van der Waals surface area contributed by atoms with Crippen molar-refractivity contribution in [1.82, 2.24) is 14.8 Å². The summed E-state index contributed by atoms with van der Waals surface area (Å²) in [6.45, 7) is 2.50. The summed E-state index contributed by atoms with van der Waals surface area (Å²) >= 11 is 3.46. The minimum Gasteiger partial charge on any atom is -0.354 e. The molecule has 0 bridgehead atoms. The van der Waals surface area contributed by atoms with Gasteiger partial charge in [0.15, 0.2) is 0 Å². The molecule has 1 aromatic heterocycles. The predicted molar refractivity (Wildman–Crippen MR) is 93.1 cm³/mol. The zero-order chi connectivity index (χ0) is 16.2. The van der Waals surface area contributed by atoms with Crippen LogP contribution in [0.2, 0.25) is 0 Å². The molecule has 0 unspecified atom stereocenters. The van der Waals surface area contributed by atoms with E-state index in [1.165, 1.54) is 0 Å². The normalized spacial score (nSPS) is 14.7. The second-order valence-corrected chi connectivity index (χ2v) is 6.75. The summed E-state index contributed by atoms with van der Waals surface area (Å²) in [5.41, 5.74) is 1.04. The minimum absolute atomic E-state index is 0.00442. The Labute approximate surface area is 143 Å². The number of fused-ring (bicyclic) bond motifs is 1. The first-order valence-electron chi connectivity index (χ1n) is 7.92. The number of nitrogens with zero attached hydrogens (tertiary/aromatic N) is 2. The van der Waals surface area contributed by atoms with Crippen LogP contribution in [0, 0.1) is 0 Å². The average Bonchev–Trinajstić information content (AvgIpc) is 3.11. The molecule has 0 atom stereocenters. The lowest BCUT2D eigenvalue weighted by Crippen LogP contribution is -2.32. The third-order valence-corrected chi connectivity index (χ3v) is 4.64. The summed E-state index contributed by atoms with van der Waals surface area (Å²) in [6, 6.07) is 8.04. The number of halogens is 1. The Balaban J connectivity index is 1.47. The molecule has 0 spiro atoms. The van der Waals surface area contributed by atoms with Crippen LogP contribution in [0.3, 0.4) is 0 Å². The largest absolute Gasteiger partial charge is 0.354 e. The van der Waals surface area contributed by atoms with Gasteiger partial charge in [0.25, 0.3) is 0 Å². The number of benzene rings is 1. The summed E-state index contributed by atoms with van der Waals surface area (Å²) in [5.74, 6) is 0.232. The number of nitrogens with one attached hydrogen (secondary N) is 1. The zero-order valence-corrected chi connectivity index (χ0v) is 14.5. The smallest absolute Gasteiger partial charge is 0.239 e. The third kappa shape index (κ3) is 3.93. The van der Waals surface area contributed by atoms with E-state index in [4.69, 9.17) is 0 Å². The molecule has 2 amide bonds. The van der Waals surface area contributed by atoms with Crippen LogP contribution >= 0.6 is 15.9 Å². The number of carbonyl (C=O) groups excluding carboxylic acids is 2. The van der Waals surface area contributed by atoms with Crippen LogP contribution < -0.4 is 5.32 Å². The standard InChI is InChI=1S/C17H20BrN3O2/c18-14-5-4-13-6-10-21(15(13)11-14)12-16(22)19-7-2-9-20-8-1-3-17(20)23/h4-6,10-11H,1-3,7-9,12H2,(H,19,22). The molecule has 1 N–H and O–H groups in total. The van der Waals surface area contributed by atoms with Gasteiger partial charge in [-0.25, -0.2) is 0 Å². The van der Waals surface area contributed by atoms with Crippen molar-refractivity contribution in [2.75, 3.05) is 19.6 Å². The van der Waals surface area contributed by atoms with Crippen LogP contribution in [0.5, 0.6) is 0 Å². The Kier molecular flexibility index (Phi) is 5.00. The third-order valence-electron chi connectivity index (χ3n) is 4.15. The van der Waals surface area contributed by atoms with Crippen LogP contribution in [0.15, 0.2) is 34.9 Å². The Bertz CT molecular complexity index is 726. The first-order valence-corrected chi connectivity index (χ1v) is 8.72. The van der Waals surface area contributed by atoms with Crippen LogP contribution in [0.25, 0.3) is 10.9 Å². The number of carbonyl (C=O) groups is 2. The highest BCUT2D eigenvalue weighted by atomic mass is 79.9. The van der Waals surface area contributed by atoms with Crippen LogP contribution in [-0.2, 0) is 16.1 Å². The van der Waals surface area contributed by atoms with Gasteiger partial charge in [-0.3, -0.25) is 9.59 Å². The number of amides is 2. The van der Waals surface area contributed by atoms with Crippen molar-refractivity contribution in [1.29, 1.82) is 0 Å². The van der Waals surface area contributed by atoms with Gasteiger partial charge in [0, 0.05) is 42.2 Å². The highest BCUT2D eigenvalue weighted by molar-refractivity contribution is 9.10. The molecule has 2 heterocycles. The highest BCUT2D eigenvalue weighted by Gasteiger charge is 2.19. The van der Waals surface area contributed by atoms with Gasteiger partial charge in [0.05, 0.1) is 0 Å². The van der Waals surface area contributed by atoms with Crippen molar-refractivity contribution >= 4 is 38.6 Å². The quantitative estimate of drug-likeness (QED) is 0.786. The van der Waals surface area contributed by atoms with Crippen molar-refractivity contribution in [2.24, 2.45) is 0 Å².